The van der Waals surface area contributed by atoms with E-state index in [0.29, 0.717) is 17.4 Å². The van der Waals surface area contributed by atoms with Crippen molar-refractivity contribution in [2.45, 2.75) is 18.8 Å². The molecule has 1 aromatic carbocycles. The number of hydrogen-bond donors (Lipinski definition) is 1. The summed E-state index contributed by atoms with van der Waals surface area (Å²) in [6, 6.07) is 11.7. The molecule has 0 unspecified atom stereocenters. The maximum absolute atomic E-state index is 11.1. The lowest BCUT2D eigenvalue weighted by molar-refractivity contribution is 0.387. The number of nitrogens with one attached hydrogen (secondary N) is 1. The summed E-state index contributed by atoms with van der Waals surface area (Å²) in [6.07, 6.45) is 2.21. The fourth-order valence-corrected chi connectivity index (χ4v) is 2.21. The number of aromatic amines is 1. The second kappa shape index (κ2) is 4.66. The smallest absolute Gasteiger partial charge is 0.321 e. The maximum atomic E-state index is 11.1. The molecule has 0 bridgehead atoms. The maximum Gasteiger partial charge on any atom is 0.460 e. The molecule has 1 aliphatic rings. The van der Waals surface area contributed by atoms with Crippen LogP contribution in [0.2, 0.25) is 0 Å². The van der Waals surface area contributed by atoms with Crippen LogP contribution in [0.4, 0.5) is 0 Å². The Balaban J connectivity index is 1.87. The first-order valence-corrected chi connectivity index (χ1v) is 6.80. The molecule has 3 aromatic rings. The Morgan fingerprint density at radius 3 is 2.48 bits per heavy atom. The summed E-state index contributed by atoms with van der Waals surface area (Å²) >= 11 is 0. The minimum absolute atomic E-state index is 0.335. The Hall–Kier alpha value is -2.76. The van der Waals surface area contributed by atoms with Crippen molar-refractivity contribution in [3.63, 3.8) is 0 Å². The van der Waals surface area contributed by atoms with Crippen LogP contribution in [0.1, 0.15) is 24.6 Å². The standard InChI is InChI=1S/C15H12N4O2/c20-15-18-14(19-21-15)12-8-11(9-4-2-1-3-5-9)16-13(17-12)10-6-7-10/h1-5,8,10H,6-7H2,(H,18,19,20). The highest BCUT2D eigenvalue weighted by molar-refractivity contribution is 5.64. The summed E-state index contributed by atoms with van der Waals surface area (Å²) in [4.78, 5) is 24.0. The molecule has 4 rings (SSSR count). The van der Waals surface area contributed by atoms with Gasteiger partial charge in [0.25, 0.3) is 0 Å². The third-order valence-corrected chi connectivity index (χ3v) is 3.44. The average molecular weight is 280 g/mol. The first kappa shape index (κ1) is 12.0. The van der Waals surface area contributed by atoms with Crippen molar-refractivity contribution in [1.82, 2.24) is 20.1 Å². The third-order valence-electron chi connectivity index (χ3n) is 3.44. The largest absolute Gasteiger partial charge is 0.460 e. The lowest BCUT2D eigenvalue weighted by Gasteiger charge is -2.06. The zero-order chi connectivity index (χ0) is 14.2. The van der Waals surface area contributed by atoms with Gasteiger partial charge in [0.2, 0.25) is 0 Å². The molecule has 1 N–H and O–H groups in total. The van der Waals surface area contributed by atoms with Crippen molar-refractivity contribution >= 4 is 0 Å². The van der Waals surface area contributed by atoms with E-state index in [1.165, 1.54) is 0 Å². The van der Waals surface area contributed by atoms with Crippen molar-refractivity contribution in [2.75, 3.05) is 0 Å². The molecule has 0 atom stereocenters. The summed E-state index contributed by atoms with van der Waals surface area (Å²) in [6.45, 7) is 0. The summed E-state index contributed by atoms with van der Waals surface area (Å²) in [5.74, 6) is 0.889. The van der Waals surface area contributed by atoms with Crippen LogP contribution in [-0.2, 0) is 0 Å². The van der Waals surface area contributed by atoms with Crippen LogP contribution < -0.4 is 5.76 Å². The predicted molar refractivity (Wildman–Crippen MR) is 75.6 cm³/mol. The SMILES string of the molecule is O=c1nc(-c2cc(-c3ccccc3)nc(C3CC3)n2)[nH]o1. The minimum atomic E-state index is -0.655. The minimum Gasteiger partial charge on any atom is -0.321 e. The number of rotatable bonds is 3. The summed E-state index contributed by atoms with van der Waals surface area (Å²) in [5, 5.41) is 2.50. The molecule has 0 amide bonds. The zero-order valence-electron chi connectivity index (χ0n) is 11.1. The van der Waals surface area contributed by atoms with E-state index >= 15 is 0 Å². The van der Waals surface area contributed by atoms with Gasteiger partial charge in [0, 0.05) is 11.5 Å². The Morgan fingerprint density at radius 1 is 1.05 bits per heavy atom. The lowest BCUT2D eigenvalue weighted by atomic mass is 10.1. The van der Waals surface area contributed by atoms with Gasteiger partial charge in [-0.05, 0) is 18.9 Å². The lowest BCUT2D eigenvalue weighted by Crippen LogP contribution is -2.00. The average Bonchev–Trinajstić information content (AvgIpc) is 3.29. The highest BCUT2D eigenvalue weighted by Gasteiger charge is 2.28. The van der Waals surface area contributed by atoms with Crippen molar-refractivity contribution in [1.29, 1.82) is 0 Å². The third kappa shape index (κ3) is 2.35. The molecule has 21 heavy (non-hydrogen) atoms. The van der Waals surface area contributed by atoms with Gasteiger partial charge in [0.15, 0.2) is 5.82 Å². The Kier molecular flexibility index (Phi) is 2.67. The molecule has 0 saturated heterocycles. The quantitative estimate of drug-likeness (QED) is 0.796. The topological polar surface area (TPSA) is 84.7 Å². The molecular formula is C15H12N4O2. The number of hydrogen-bond acceptors (Lipinski definition) is 5. The number of aromatic nitrogens is 4. The van der Waals surface area contributed by atoms with Gasteiger partial charge in [-0.1, -0.05) is 30.3 Å². The normalized spacial score (nSPS) is 14.3. The van der Waals surface area contributed by atoms with Gasteiger partial charge in [-0.15, -0.1) is 0 Å². The summed E-state index contributed by atoms with van der Waals surface area (Å²) in [5.41, 5.74) is 2.41. The van der Waals surface area contributed by atoms with Gasteiger partial charge in [0.1, 0.15) is 11.5 Å². The molecule has 6 nitrogen and oxygen atoms in total. The van der Waals surface area contributed by atoms with Crippen LogP contribution in [-0.4, -0.2) is 20.1 Å². The molecule has 2 aromatic heterocycles. The van der Waals surface area contributed by atoms with Crippen LogP contribution >= 0.6 is 0 Å². The molecular weight excluding hydrogens is 268 g/mol. The first-order chi connectivity index (χ1) is 10.3. The summed E-state index contributed by atoms with van der Waals surface area (Å²) in [7, 11) is 0. The van der Waals surface area contributed by atoms with Crippen LogP contribution in [0.25, 0.3) is 22.8 Å². The number of H-pyrrole nitrogens is 1. The van der Waals surface area contributed by atoms with E-state index in [9.17, 15) is 4.79 Å². The Labute approximate surface area is 119 Å². The van der Waals surface area contributed by atoms with Crippen LogP contribution in [0.15, 0.2) is 45.7 Å². The van der Waals surface area contributed by atoms with Gasteiger partial charge >= 0.3 is 5.76 Å². The van der Waals surface area contributed by atoms with Gasteiger partial charge in [-0.25, -0.2) is 14.8 Å². The molecule has 2 heterocycles. The van der Waals surface area contributed by atoms with Crippen molar-refractivity contribution in [2.24, 2.45) is 0 Å². The fraction of sp³-hybridized carbons (Fsp3) is 0.200. The fourth-order valence-electron chi connectivity index (χ4n) is 2.21. The van der Waals surface area contributed by atoms with Gasteiger partial charge in [-0.3, -0.25) is 0 Å². The molecule has 1 aliphatic carbocycles. The molecule has 0 aliphatic heterocycles. The van der Waals surface area contributed by atoms with Crippen molar-refractivity contribution in [3.8, 4) is 22.8 Å². The van der Waals surface area contributed by atoms with Gasteiger partial charge in [0.05, 0.1) is 5.69 Å². The van der Waals surface area contributed by atoms with Crippen LogP contribution in [0.3, 0.4) is 0 Å². The van der Waals surface area contributed by atoms with Crippen molar-refractivity contribution < 1.29 is 4.52 Å². The van der Waals surface area contributed by atoms with E-state index in [2.05, 4.69) is 24.6 Å². The summed E-state index contributed by atoms with van der Waals surface area (Å²) < 4.78 is 4.63. The molecule has 104 valence electrons. The first-order valence-electron chi connectivity index (χ1n) is 6.80. The Morgan fingerprint density at radius 2 is 1.81 bits per heavy atom. The van der Waals surface area contributed by atoms with E-state index in [1.807, 2.05) is 36.4 Å². The van der Waals surface area contributed by atoms with E-state index in [-0.39, 0.29) is 0 Å². The number of benzene rings is 1. The van der Waals surface area contributed by atoms with Gasteiger partial charge < -0.3 is 4.52 Å². The van der Waals surface area contributed by atoms with E-state index in [1.54, 1.807) is 0 Å². The Bertz CT molecular complexity index is 834. The highest BCUT2D eigenvalue weighted by Crippen LogP contribution is 2.39. The molecule has 0 radical (unpaired) electrons. The zero-order valence-corrected chi connectivity index (χ0v) is 11.1. The molecule has 1 fully saturated rings. The van der Waals surface area contributed by atoms with E-state index < -0.39 is 5.76 Å². The monoisotopic (exact) mass is 280 g/mol. The van der Waals surface area contributed by atoms with Crippen LogP contribution in [0, 0.1) is 0 Å². The van der Waals surface area contributed by atoms with Crippen LogP contribution in [0.5, 0.6) is 0 Å². The molecule has 1 saturated carbocycles. The second-order valence-corrected chi connectivity index (χ2v) is 5.07. The van der Waals surface area contributed by atoms with E-state index in [4.69, 9.17) is 0 Å². The van der Waals surface area contributed by atoms with Gasteiger partial charge in [-0.2, -0.15) is 10.1 Å². The highest BCUT2D eigenvalue weighted by atomic mass is 16.5. The van der Waals surface area contributed by atoms with Crippen molar-refractivity contribution in [3.05, 3.63) is 52.8 Å². The predicted octanol–water partition coefficient (Wildman–Crippen LogP) is 2.36. The molecule has 0 spiro atoms. The van der Waals surface area contributed by atoms with E-state index in [0.717, 1.165) is 29.9 Å². The second-order valence-electron chi connectivity index (χ2n) is 5.07. The number of nitrogens with zero attached hydrogens (tertiary/aromatic N) is 3. The molecule has 6 heteroatoms.